The number of halogens is 2. The second-order valence-electron chi connectivity index (χ2n) is 38.7. The zero-order valence-corrected chi connectivity index (χ0v) is 87.7. The summed E-state index contributed by atoms with van der Waals surface area (Å²) < 4.78 is 29.5. The minimum Gasteiger partial charge on any atom is -0.311 e. The summed E-state index contributed by atoms with van der Waals surface area (Å²) in [6.45, 7) is 10.1. The standard InChI is InChI=1S/C44H26BN3S2Si.C43H30BNS2Si.C42H26BF2NS2Si/c1-47-30-21-23-35-39(25-30)50-41-27-31(26-40-44(41)45(35)34-22-20-29(28-46)24-38(34)49-40)48-36-16-8-10-18-42(36)51(32-12-4-2-5-13-32,33-14-6-3-7-15-33)43-19-11-9-17-37(43)48;1-29-24-25-34-38(26-29)47-40-28-30(27-39-43(40)44(34)33-18-8-11-21-37(33)46-39)45-35-19-9-12-22-41(35)48(31-14-4-2-5-15-31,32-16-6-3-7-17-32)42-23-13-10-20-36(42)45;44-27-19-21-32-36(23-27)47-38-25-29(26-39-42(38)43(32)33-22-20-28(45)24-37(33)48-39)46-34-15-7-9-17-40(34)49(30-11-3-1-4-12-30,31-13-5-2-6-14-31)41-18-10-8-16-35(41)46/h2-27H;2-28H,1H3;1-26H. The van der Waals surface area contributed by atoms with E-state index in [-0.39, 0.29) is 31.8 Å². The van der Waals surface area contributed by atoms with E-state index in [1.54, 1.807) is 71.3 Å². The molecule has 30 rings (SSSR count). The zero-order chi connectivity index (χ0) is 98.6. The predicted molar refractivity (Wildman–Crippen MR) is 628 cm³/mol. The maximum absolute atomic E-state index is 14.7. The van der Waals surface area contributed by atoms with E-state index < -0.39 is 24.2 Å². The predicted octanol–water partition coefficient (Wildman–Crippen LogP) is 19.9. The number of nitrogens with zero attached hydrogens (tertiary/aromatic N) is 5. The molecule has 0 aliphatic carbocycles. The molecule has 0 N–H and O–H groups in total. The first kappa shape index (κ1) is 90.3. The van der Waals surface area contributed by atoms with Crippen molar-refractivity contribution < 1.29 is 8.78 Å². The highest BCUT2D eigenvalue weighted by Crippen LogP contribution is 2.51. The number of rotatable bonds is 9. The first-order valence-corrected chi connectivity index (χ1v) is 60.7. The molecule has 0 aromatic heterocycles. The Morgan fingerprint density at radius 2 is 0.486 bits per heavy atom. The second-order valence-corrected chi connectivity index (χ2v) is 56.4. The van der Waals surface area contributed by atoms with Gasteiger partial charge < -0.3 is 14.7 Å². The van der Waals surface area contributed by atoms with Gasteiger partial charge in [0.25, 0.3) is 0 Å². The Hall–Kier alpha value is -15.2. The number of benzene rings is 21. The van der Waals surface area contributed by atoms with Crippen LogP contribution in [0.4, 0.5) is 65.7 Å². The fraction of sp³-hybridized carbons (Fsp3) is 0.00775. The van der Waals surface area contributed by atoms with E-state index in [4.69, 9.17) is 6.57 Å². The van der Waals surface area contributed by atoms with Crippen molar-refractivity contribution in [3.63, 3.8) is 0 Å². The van der Waals surface area contributed by atoms with Gasteiger partial charge in [-0.25, -0.2) is 13.6 Å². The average Bonchev–Trinajstić information content (AvgIpc) is 0.695. The first-order chi connectivity index (χ1) is 73.0. The van der Waals surface area contributed by atoms with Gasteiger partial charge in [-0.3, -0.25) is 0 Å². The lowest BCUT2D eigenvalue weighted by Crippen LogP contribution is -2.77. The molecule has 0 spiro atoms. The van der Waals surface area contributed by atoms with Crippen molar-refractivity contribution in [1.29, 1.82) is 5.26 Å². The molecule has 21 aromatic rings. The number of fused-ring (bicyclic) bond motifs is 18. The third kappa shape index (κ3) is 14.1. The number of anilines is 9. The molecule has 694 valence electrons. The Balaban J connectivity index is 0.000000107. The molecule has 148 heavy (non-hydrogen) atoms. The zero-order valence-electron chi connectivity index (χ0n) is 79.8. The Kier molecular flexibility index (Phi) is 22.2. The molecule has 0 fully saturated rings. The van der Waals surface area contributed by atoms with Crippen molar-refractivity contribution in [3.8, 4) is 6.07 Å². The summed E-state index contributed by atoms with van der Waals surface area (Å²) in [5.41, 5.74) is 24.6. The van der Waals surface area contributed by atoms with Crippen LogP contribution >= 0.6 is 70.6 Å². The first-order valence-electron chi connectivity index (χ1n) is 49.8. The van der Waals surface area contributed by atoms with Crippen LogP contribution in [0.15, 0.2) is 538 Å². The van der Waals surface area contributed by atoms with Crippen LogP contribution in [0.25, 0.3) is 4.85 Å². The minimum absolute atomic E-state index is 0.0289. The molecule has 21 aromatic carbocycles. The van der Waals surface area contributed by atoms with E-state index in [0.29, 0.717) is 11.3 Å². The molecule has 0 saturated heterocycles. The van der Waals surface area contributed by atoms with Crippen LogP contribution in [0.2, 0.25) is 0 Å². The normalized spacial score (nSPS) is 14.5. The molecule has 9 aliphatic rings. The largest absolute Gasteiger partial charge is 0.311 e. The monoisotopic (exact) mass is 2050 g/mol. The highest BCUT2D eigenvalue weighted by molar-refractivity contribution is 8.02. The third-order valence-electron chi connectivity index (χ3n) is 30.9. The van der Waals surface area contributed by atoms with Gasteiger partial charge in [0.1, 0.15) is 11.6 Å². The summed E-state index contributed by atoms with van der Waals surface area (Å²) in [5, 5.41) is 26.3. The minimum atomic E-state index is -2.74. The molecule has 0 atom stereocenters. The van der Waals surface area contributed by atoms with Crippen molar-refractivity contribution in [2.24, 2.45) is 0 Å². The van der Waals surface area contributed by atoms with E-state index in [1.165, 1.54) is 164 Å². The number of hydrogen-bond acceptors (Lipinski definition) is 10. The molecule has 0 unspecified atom stereocenters. The van der Waals surface area contributed by atoms with Gasteiger partial charge in [-0.05, 0) is 218 Å². The smallest absolute Gasteiger partial charge is 0.247 e. The van der Waals surface area contributed by atoms with Crippen LogP contribution in [0.1, 0.15) is 11.1 Å². The average molecular weight is 2050 g/mol. The molecule has 0 radical (unpaired) electrons. The van der Waals surface area contributed by atoms with Crippen molar-refractivity contribution in [1.82, 2.24) is 0 Å². The fourth-order valence-electron chi connectivity index (χ4n) is 25.0. The topological polar surface area (TPSA) is 37.9 Å². The van der Waals surface area contributed by atoms with Crippen molar-refractivity contribution in [2.45, 2.75) is 65.7 Å². The third-order valence-corrected chi connectivity index (χ3v) is 52.3. The van der Waals surface area contributed by atoms with Gasteiger partial charge in [0.05, 0.1) is 18.2 Å². The van der Waals surface area contributed by atoms with Crippen LogP contribution in [0.3, 0.4) is 0 Å². The van der Waals surface area contributed by atoms with Gasteiger partial charge in [-0.15, -0.1) is 0 Å². The number of para-hydroxylation sites is 6. The molecule has 0 amide bonds. The molecule has 0 bridgehead atoms. The van der Waals surface area contributed by atoms with Gasteiger partial charge >= 0.3 is 0 Å². The molecule has 9 aliphatic heterocycles. The quantitative estimate of drug-likeness (QED) is 0.103. The van der Waals surface area contributed by atoms with E-state index in [2.05, 4.69) is 451 Å². The summed E-state index contributed by atoms with van der Waals surface area (Å²) in [6.07, 6.45) is 0. The highest BCUT2D eigenvalue weighted by atomic mass is 32.2. The molecular formula is C129H82B3F2N5S6Si3. The summed E-state index contributed by atoms with van der Waals surface area (Å²) in [7, 11) is -8.13. The maximum Gasteiger partial charge on any atom is 0.247 e. The number of nitriles is 1. The lowest BCUT2D eigenvalue weighted by Gasteiger charge is -2.45. The van der Waals surface area contributed by atoms with E-state index in [9.17, 15) is 14.0 Å². The van der Waals surface area contributed by atoms with Crippen molar-refractivity contribution in [3.05, 3.63) is 513 Å². The Morgan fingerprint density at radius 1 is 0.243 bits per heavy atom. The number of aryl methyl sites for hydroxylation is 1. The lowest BCUT2D eigenvalue weighted by molar-refractivity contribution is 0.625. The Labute approximate surface area is 889 Å². The summed E-state index contributed by atoms with van der Waals surface area (Å²) in [6, 6.07) is 176. The van der Waals surface area contributed by atoms with E-state index in [0.717, 1.165) is 63.0 Å². The van der Waals surface area contributed by atoms with Gasteiger partial charge in [-0.2, -0.15) is 5.26 Å². The van der Waals surface area contributed by atoms with Crippen LogP contribution in [0.5, 0.6) is 0 Å². The van der Waals surface area contributed by atoms with Crippen LogP contribution in [-0.4, -0.2) is 44.4 Å². The second kappa shape index (κ2) is 36.4. The van der Waals surface area contributed by atoms with Crippen molar-refractivity contribution >= 4 is 283 Å². The van der Waals surface area contributed by atoms with Crippen LogP contribution < -0.4 is 126 Å². The van der Waals surface area contributed by atoms with Gasteiger partial charge in [0, 0.05) is 105 Å². The summed E-state index contributed by atoms with van der Waals surface area (Å²) in [5.74, 6) is -0.504. The van der Waals surface area contributed by atoms with Crippen molar-refractivity contribution in [2.75, 3.05) is 14.7 Å². The molecule has 19 heteroatoms. The lowest BCUT2D eigenvalue weighted by atomic mass is 9.36. The van der Waals surface area contributed by atoms with Gasteiger partial charge in [-0.1, -0.05) is 461 Å². The summed E-state index contributed by atoms with van der Waals surface area (Å²) in [4.78, 5) is 25.3. The fourth-order valence-corrected chi connectivity index (χ4v) is 48.0. The van der Waals surface area contributed by atoms with Crippen LogP contribution in [-0.2, 0) is 0 Å². The summed E-state index contributed by atoms with van der Waals surface area (Å²) >= 11 is 10.7. The molecule has 9 heterocycles. The molecular weight excluding hydrogens is 1970 g/mol. The molecule has 0 saturated carbocycles. The van der Waals surface area contributed by atoms with Crippen LogP contribution in [0, 0.1) is 36.5 Å². The SMILES string of the molecule is Cc1ccc2c(c1)Sc1cc(N3c4ccccc4[Si](c4ccccc4)(c4ccccc4)c4ccccc43)cc3c1B2c1ccccc1S3.Fc1ccc2c(c1)Sc1cc(N3c4ccccc4[Si](c4ccccc4)(c4ccccc4)c4ccccc43)cc3c1B2c1ccc(F)cc1S3.[C-]#[N+]c1ccc2c(c1)Sc1cc(N3c4ccccc4[Si](c4ccccc4)(c4ccccc4)c4ccccc43)cc3c1B2c1ccc(C#N)cc1S3. The Bertz CT molecular complexity index is 8740. The highest BCUT2D eigenvalue weighted by Gasteiger charge is 2.54. The van der Waals surface area contributed by atoms with Gasteiger partial charge in [0.2, 0.25) is 20.1 Å². The van der Waals surface area contributed by atoms with Gasteiger partial charge in [0.15, 0.2) is 29.9 Å². The van der Waals surface area contributed by atoms with E-state index in [1.807, 2.05) is 59.9 Å². The Morgan fingerprint density at radius 3 is 0.797 bits per heavy atom. The maximum atomic E-state index is 14.7. The van der Waals surface area contributed by atoms with E-state index >= 15 is 0 Å². The number of hydrogen-bond donors (Lipinski definition) is 0. The molecule has 5 nitrogen and oxygen atoms in total.